The van der Waals surface area contributed by atoms with Crippen molar-refractivity contribution < 1.29 is 19.4 Å². The number of halogens is 1. The molecule has 1 atom stereocenters. The molecule has 0 aliphatic rings. The number of carbonyl (C=O) groups excluding carboxylic acids is 1. The van der Waals surface area contributed by atoms with Gasteiger partial charge in [-0.3, -0.25) is 0 Å². The van der Waals surface area contributed by atoms with E-state index in [1.165, 1.54) is 6.92 Å². The summed E-state index contributed by atoms with van der Waals surface area (Å²) < 4.78 is 4.91. The van der Waals surface area contributed by atoms with Gasteiger partial charge in [0, 0.05) is 6.54 Å². The molecule has 1 rings (SSSR count). The Morgan fingerprint density at radius 2 is 1.95 bits per heavy atom. The van der Waals surface area contributed by atoms with Gasteiger partial charge in [0.2, 0.25) is 0 Å². The van der Waals surface area contributed by atoms with E-state index in [2.05, 4.69) is 5.32 Å². The van der Waals surface area contributed by atoms with Crippen molar-refractivity contribution in [3.05, 3.63) is 35.9 Å². The molecule has 6 nitrogen and oxygen atoms in total. The van der Waals surface area contributed by atoms with Crippen LogP contribution in [-0.4, -0.2) is 29.3 Å². The zero-order valence-corrected chi connectivity index (χ0v) is 11.3. The molecular formula is C12H17ClN2O4. The molecule has 0 spiro atoms. The van der Waals surface area contributed by atoms with E-state index < -0.39 is 17.6 Å². The number of aliphatic carboxylic acids is 1. The van der Waals surface area contributed by atoms with Gasteiger partial charge in [-0.2, -0.15) is 0 Å². The lowest BCUT2D eigenvalue weighted by molar-refractivity contribution is -0.143. The number of nitrogens with one attached hydrogen (secondary N) is 1. The third kappa shape index (κ3) is 5.15. The van der Waals surface area contributed by atoms with E-state index in [-0.39, 0.29) is 25.6 Å². The van der Waals surface area contributed by atoms with E-state index in [0.29, 0.717) is 0 Å². The Kier molecular flexibility index (Phi) is 6.89. The standard InChI is InChI=1S/C12H16N2O4.ClH/c1-12(8-13,10(15)16)14-11(17)18-7-9-5-3-2-4-6-9;/h2-6H,7-8,13H2,1H3,(H,14,17)(H,15,16);1H. The molecule has 0 saturated carbocycles. The third-order valence-electron chi connectivity index (χ3n) is 2.47. The normalized spacial score (nSPS) is 12.7. The Balaban J connectivity index is 0.00000324. The lowest BCUT2D eigenvalue weighted by Crippen LogP contribution is -2.57. The lowest BCUT2D eigenvalue weighted by atomic mass is 10.0. The second-order valence-electron chi connectivity index (χ2n) is 4.03. The average molecular weight is 289 g/mol. The van der Waals surface area contributed by atoms with Crippen molar-refractivity contribution in [1.29, 1.82) is 0 Å². The number of amides is 1. The number of carboxylic acids is 1. The summed E-state index contributed by atoms with van der Waals surface area (Å²) in [5.74, 6) is -1.21. The minimum absolute atomic E-state index is 0. The largest absolute Gasteiger partial charge is 0.479 e. The molecule has 0 aliphatic heterocycles. The predicted molar refractivity (Wildman–Crippen MR) is 72.1 cm³/mol. The molecule has 1 aromatic carbocycles. The number of ether oxygens (including phenoxy) is 1. The second-order valence-corrected chi connectivity index (χ2v) is 4.03. The van der Waals surface area contributed by atoms with E-state index in [9.17, 15) is 9.59 Å². The van der Waals surface area contributed by atoms with Gasteiger partial charge in [-0.15, -0.1) is 12.4 Å². The average Bonchev–Trinajstić information content (AvgIpc) is 2.37. The second kappa shape index (κ2) is 7.60. The van der Waals surface area contributed by atoms with Crippen LogP contribution in [0.3, 0.4) is 0 Å². The van der Waals surface area contributed by atoms with Gasteiger partial charge in [-0.05, 0) is 12.5 Å². The van der Waals surface area contributed by atoms with Crippen LogP contribution in [0.25, 0.3) is 0 Å². The van der Waals surface area contributed by atoms with E-state index in [0.717, 1.165) is 5.56 Å². The van der Waals surface area contributed by atoms with Gasteiger partial charge in [-0.25, -0.2) is 9.59 Å². The first-order valence-corrected chi connectivity index (χ1v) is 5.40. The number of hydrogen-bond donors (Lipinski definition) is 3. The summed E-state index contributed by atoms with van der Waals surface area (Å²) in [5, 5.41) is 11.1. The van der Waals surface area contributed by atoms with E-state index >= 15 is 0 Å². The minimum atomic E-state index is -1.52. The number of hydrogen-bond acceptors (Lipinski definition) is 4. The molecule has 0 heterocycles. The van der Waals surface area contributed by atoms with Crippen molar-refractivity contribution in [1.82, 2.24) is 5.32 Å². The van der Waals surface area contributed by atoms with Gasteiger partial charge in [-0.1, -0.05) is 30.3 Å². The summed E-state index contributed by atoms with van der Waals surface area (Å²) >= 11 is 0. The smallest absolute Gasteiger partial charge is 0.408 e. The van der Waals surface area contributed by atoms with Crippen molar-refractivity contribution in [2.45, 2.75) is 19.1 Å². The summed E-state index contributed by atoms with van der Waals surface area (Å²) in [6, 6.07) is 9.08. The zero-order chi connectivity index (χ0) is 13.6. The molecule has 4 N–H and O–H groups in total. The summed E-state index contributed by atoms with van der Waals surface area (Å²) in [6.07, 6.45) is -0.811. The van der Waals surface area contributed by atoms with E-state index in [1.807, 2.05) is 18.2 Å². The van der Waals surface area contributed by atoms with E-state index in [1.54, 1.807) is 12.1 Å². The Morgan fingerprint density at radius 3 is 2.42 bits per heavy atom. The fraction of sp³-hybridized carbons (Fsp3) is 0.333. The highest BCUT2D eigenvalue weighted by Crippen LogP contribution is 2.04. The van der Waals surface area contributed by atoms with Gasteiger partial charge >= 0.3 is 12.1 Å². The van der Waals surface area contributed by atoms with Crippen LogP contribution in [0.4, 0.5) is 4.79 Å². The van der Waals surface area contributed by atoms with Crippen LogP contribution in [0.5, 0.6) is 0 Å². The van der Waals surface area contributed by atoms with Gasteiger partial charge < -0.3 is 20.9 Å². The van der Waals surface area contributed by atoms with Gasteiger partial charge in [0.1, 0.15) is 12.1 Å². The fourth-order valence-corrected chi connectivity index (χ4v) is 1.18. The van der Waals surface area contributed by atoms with Crippen molar-refractivity contribution in [2.24, 2.45) is 5.73 Å². The number of alkyl carbamates (subject to hydrolysis) is 1. The van der Waals surface area contributed by atoms with Crippen LogP contribution < -0.4 is 11.1 Å². The Bertz CT molecular complexity index is 427. The van der Waals surface area contributed by atoms with Crippen molar-refractivity contribution in [2.75, 3.05) is 6.54 Å². The highest BCUT2D eigenvalue weighted by Gasteiger charge is 2.33. The molecule has 0 radical (unpaired) electrons. The van der Waals surface area contributed by atoms with Crippen LogP contribution in [-0.2, 0) is 16.1 Å². The van der Waals surface area contributed by atoms with Crippen LogP contribution in [0, 0.1) is 0 Å². The van der Waals surface area contributed by atoms with Gasteiger partial charge in [0.15, 0.2) is 0 Å². The Labute approximate surface area is 117 Å². The monoisotopic (exact) mass is 288 g/mol. The van der Waals surface area contributed by atoms with Gasteiger partial charge in [0.05, 0.1) is 0 Å². The molecule has 1 amide bonds. The number of benzene rings is 1. The quantitative estimate of drug-likeness (QED) is 0.754. The molecule has 19 heavy (non-hydrogen) atoms. The first kappa shape index (κ1) is 17.2. The number of nitrogens with two attached hydrogens (primary N) is 1. The van der Waals surface area contributed by atoms with Gasteiger partial charge in [0.25, 0.3) is 0 Å². The molecule has 1 unspecified atom stereocenters. The summed E-state index contributed by atoms with van der Waals surface area (Å²) in [7, 11) is 0. The molecule has 0 aromatic heterocycles. The maximum absolute atomic E-state index is 11.4. The lowest BCUT2D eigenvalue weighted by Gasteiger charge is -2.23. The minimum Gasteiger partial charge on any atom is -0.479 e. The fourth-order valence-electron chi connectivity index (χ4n) is 1.18. The third-order valence-corrected chi connectivity index (χ3v) is 2.47. The molecule has 0 saturated heterocycles. The maximum atomic E-state index is 11.4. The highest BCUT2D eigenvalue weighted by molar-refractivity contribution is 5.85. The molecule has 1 aromatic rings. The molecular weight excluding hydrogens is 272 g/mol. The predicted octanol–water partition coefficient (Wildman–Crippen LogP) is 1.14. The summed E-state index contributed by atoms with van der Waals surface area (Å²) in [4.78, 5) is 22.4. The molecule has 0 fully saturated rings. The van der Waals surface area contributed by atoms with Crippen LogP contribution in [0.2, 0.25) is 0 Å². The Morgan fingerprint density at radius 1 is 1.37 bits per heavy atom. The molecule has 0 bridgehead atoms. The topological polar surface area (TPSA) is 102 Å². The first-order chi connectivity index (χ1) is 8.48. The van der Waals surface area contributed by atoms with Crippen molar-refractivity contribution in [3.63, 3.8) is 0 Å². The van der Waals surface area contributed by atoms with E-state index in [4.69, 9.17) is 15.6 Å². The summed E-state index contributed by atoms with van der Waals surface area (Å²) in [6.45, 7) is 1.18. The molecule has 0 aliphatic carbocycles. The highest BCUT2D eigenvalue weighted by atomic mass is 35.5. The zero-order valence-electron chi connectivity index (χ0n) is 10.5. The van der Waals surface area contributed by atoms with Crippen LogP contribution in [0.1, 0.15) is 12.5 Å². The maximum Gasteiger partial charge on any atom is 0.408 e. The van der Waals surface area contributed by atoms with Crippen molar-refractivity contribution >= 4 is 24.5 Å². The van der Waals surface area contributed by atoms with Crippen LogP contribution >= 0.6 is 12.4 Å². The molecule has 106 valence electrons. The first-order valence-electron chi connectivity index (χ1n) is 5.40. The Hall–Kier alpha value is -1.79. The van der Waals surface area contributed by atoms with Crippen LogP contribution in [0.15, 0.2) is 30.3 Å². The number of carbonyl (C=O) groups is 2. The SMILES string of the molecule is CC(CN)(NC(=O)OCc1ccccc1)C(=O)O.Cl. The number of rotatable bonds is 5. The van der Waals surface area contributed by atoms with Crippen molar-refractivity contribution in [3.8, 4) is 0 Å². The molecule has 7 heteroatoms. The summed E-state index contributed by atoms with van der Waals surface area (Å²) in [5.41, 5.74) is 4.61. The number of carboxylic acid groups (broad SMARTS) is 1.